The zero-order valence-corrected chi connectivity index (χ0v) is 7.68. The van der Waals surface area contributed by atoms with Crippen LogP contribution in [0.25, 0.3) is 0 Å². The molecule has 0 unspecified atom stereocenters. The summed E-state index contributed by atoms with van der Waals surface area (Å²) < 4.78 is 0. The molecule has 0 radical (unpaired) electrons. The first-order valence-corrected chi connectivity index (χ1v) is 4.62. The molecule has 1 aliphatic carbocycles. The molecule has 0 atom stereocenters. The number of benzene rings is 1. The van der Waals surface area contributed by atoms with Gasteiger partial charge in [0.25, 0.3) is 0 Å². The van der Waals surface area contributed by atoms with Gasteiger partial charge in [0.1, 0.15) is 0 Å². The van der Waals surface area contributed by atoms with Crippen LogP contribution < -0.4 is 0 Å². The lowest BCUT2D eigenvalue weighted by molar-refractivity contribution is -0.159. The van der Waals surface area contributed by atoms with Crippen LogP contribution in [0.3, 0.4) is 0 Å². The van der Waals surface area contributed by atoms with Gasteiger partial charge in [-0.3, -0.25) is 4.79 Å². The number of carboxylic acids is 1. The molecule has 2 N–H and O–H groups in total. The van der Waals surface area contributed by atoms with Crippen LogP contribution >= 0.6 is 0 Å². The van der Waals surface area contributed by atoms with Crippen molar-refractivity contribution in [3.05, 3.63) is 35.9 Å². The lowest BCUT2D eigenvalue weighted by atomic mass is 9.67. The number of aliphatic hydroxyl groups is 1. The summed E-state index contributed by atoms with van der Waals surface area (Å²) in [5.41, 5.74) is -0.0953. The van der Waals surface area contributed by atoms with E-state index >= 15 is 0 Å². The third kappa shape index (κ3) is 1.40. The van der Waals surface area contributed by atoms with E-state index < -0.39 is 11.6 Å². The van der Waals surface area contributed by atoms with Crippen LogP contribution in [-0.2, 0) is 10.4 Å². The van der Waals surface area contributed by atoms with E-state index in [9.17, 15) is 9.90 Å². The molecular weight excluding hydrogens is 180 g/mol. The van der Waals surface area contributed by atoms with Gasteiger partial charge < -0.3 is 10.2 Å². The second-order valence-electron chi connectivity index (χ2n) is 3.84. The average molecular weight is 192 g/mol. The zero-order valence-electron chi connectivity index (χ0n) is 7.68. The van der Waals surface area contributed by atoms with Crippen LogP contribution in [0.5, 0.6) is 0 Å². The average Bonchev–Trinajstić information content (AvgIpc) is 2.14. The smallest absolute Gasteiger partial charge is 0.306 e. The van der Waals surface area contributed by atoms with E-state index in [4.69, 9.17) is 5.11 Å². The number of aliphatic carboxylic acids is 1. The van der Waals surface area contributed by atoms with E-state index in [1.54, 1.807) is 0 Å². The van der Waals surface area contributed by atoms with E-state index in [1.165, 1.54) is 0 Å². The summed E-state index contributed by atoms with van der Waals surface area (Å²) in [6.07, 6.45) is 0.651. The van der Waals surface area contributed by atoms with Crippen molar-refractivity contribution in [1.29, 1.82) is 0 Å². The Kier molecular flexibility index (Phi) is 2.04. The third-order valence-corrected chi connectivity index (χ3v) is 2.83. The van der Waals surface area contributed by atoms with Gasteiger partial charge in [-0.15, -0.1) is 0 Å². The highest BCUT2D eigenvalue weighted by Gasteiger charge is 2.47. The van der Waals surface area contributed by atoms with Gasteiger partial charge in [-0.1, -0.05) is 30.3 Å². The summed E-state index contributed by atoms with van der Waals surface area (Å²) in [6.45, 7) is 0. The molecule has 0 amide bonds. The molecule has 1 aliphatic rings. The van der Waals surface area contributed by atoms with Gasteiger partial charge in [0.2, 0.25) is 0 Å². The van der Waals surface area contributed by atoms with Crippen molar-refractivity contribution in [3.63, 3.8) is 0 Å². The quantitative estimate of drug-likeness (QED) is 0.744. The largest absolute Gasteiger partial charge is 0.481 e. The molecule has 3 nitrogen and oxygen atoms in total. The highest BCUT2D eigenvalue weighted by Crippen LogP contribution is 2.45. The van der Waals surface area contributed by atoms with Gasteiger partial charge in [0, 0.05) is 0 Å². The van der Waals surface area contributed by atoms with E-state index in [-0.39, 0.29) is 5.92 Å². The van der Waals surface area contributed by atoms with Crippen LogP contribution in [0.1, 0.15) is 18.4 Å². The van der Waals surface area contributed by atoms with Gasteiger partial charge in [-0.05, 0) is 18.4 Å². The predicted molar refractivity (Wildman–Crippen MR) is 50.7 cm³/mol. The van der Waals surface area contributed by atoms with E-state index in [2.05, 4.69) is 0 Å². The molecule has 0 spiro atoms. The highest BCUT2D eigenvalue weighted by molar-refractivity contribution is 5.71. The van der Waals surface area contributed by atoms with Gasteiger partial charge in [-0.25, -0.2) is 0 Å². The van der Waals surface area contributed by atoms with E-state index in [0.29, 0.717) is 12.8 Å². The first-order valence-electron chi connectivity index (χ1n) is 4.62. The number of carboxylic acid groups (broad SMARTS) is 1. The Morgan fingerprint density at radius 1 is 1.29 bits per heavy atom. The first-order chi connectivity index (χ1) is 6.62. The Labute approximate surface area is 82.0 Å². The minimum Gasteiger partial charge on any atom is -0.481 e. The second kappa shape index (κ2) is 3.10. The fourth-order valence-electron chi connectivity index (χ4n) is 1.91. The van der Waals surface area contributed by atoms with Crippen molar-refractivity contribution < 1.29 is 15.0 Å². The van der Waals surface area contributed by atoms with E-state index in [1.807, 2.05) is 30.3 Å². The summed E-state index contributed by atoms with van der Waals surface area (Å²) in [5.74, 6) is -1.20. The minimum absolute atomic E-state index is 0.326. The summed E-state index contributed by atoms with van der Waals surface area (Å²) >= 11 is 0. The molecule has 3 heteroatoms. The first kappa shape index (κ1) is 9.21. The van der Waals surface area contributed by atoms with Crippen LogP contribution in [0.4, 0.5) is 0 Å². The van der Waals surface area contributed by atoms with Crippen LogP contribution in [0.15, 0.2) is 30.3 Å². The van der Waals surface area contributed by atoms with Gasteiger partial charge >= 0.3 is 5.97 Å². The number of hydrogen-bond donors (Lipinski definition) is 2. The van der Waals surface area contributed by atoms with Crippen molar-refractivity contribution in [2.75, 3.05) is 0 Å². The Hall–Kier alpha value is -1.35. The molecule has 0 aliphatic heterocycles. The van der Waals surface area contributed by atoms with Gasteiger partial charge in [0.05, 0.1) is 11.5 Å². The summed E-state index contributed by atoms with van der Waals surface area (Å²) in [6, 6.07) is 9.24. The van der Waals surface area contributed by atoms with Crippen LogP contribution in [0.2, 0.25) is 0 Å². The topological polar surface area (TPSA) is 57.5 Å². The molecule has 14 heavy (non-hydrogen) atoms. The summed E-state index contributed by atoms with van der Waals surface area (Å²) in [7, 11) is 0. The zero-order chi connectivity index (χ0) is 10.2. The van der Waals surface area contributed by atoms with Gasteiger partial charge in [-0.2, -0.15) is 0 Å². The Balaban J connectivity index is 2.12. The Morgan fingerprint density at radius 3 is 2.36 bits per heavy atom. The monoisotopic (exact) mass is 192 g/mol. The minimum atomic E-state index is -0.912. The third-order valence-electron chi connectivity index (χ3n) is 2.83. The van der Waals surface area contributed by atoms with Crippen molar-refractivity contribution in [2.45, 2.75) is 18.4 Å². The molecular formula is C11H12O3. The molecule has 0 bridgehead atoms. The normalized spacial score (nSPS) is 30.8. The maximum absolute atomic E-state index is 10.6. The maximum atomic E-state index is 10.6. The van der Waals surface area contributed by atoms with Crippen molar-refractivity contribution in [2.24, 2.45) is 5.92 Å². The number of carbonyl (C=O) groups is 1. The van der Waals surface area contributed by atoms with E-state index in [0.717, 1.165) is 5.56 Å². The van der Waals surface area contributed by atoms with Crippen molar-refractivity contribution in [1.82, 2.24) is 0 Å². The summed E-state index contributed by atoms with van der Waals surface area (Å²) in [4.78, 5) is 10.6. The Morgan fingerprint density at radius 2 is 1.86 bits per heavy atom. The molecule has 1 saturated carbocycles. The number of rotatable bonds is 2. The Bertz CT molecular complexity index is 339. The SMILES string of the molecule is O=C(O)C1CC(O)(c2ccccc2)C1. The number of hydrogen-bond acceptors (Lipinski definition) is 2. The van der Waals surface area contributed by atoms with Crippen LogP contribution in [0, 0.1) is 5.92 Å². The fraction of sp³-hybridized carbons (Fsp3) is 0.364. The molecule has 2 rings (SSSR count). The lowest BCUT2D eigenvalue weighted by Gasteiger charge is -2.41. The predicted octanol–water partition coefficient (Wildman–Crippen LogP) is 1.37. The molecule has 0 saturated heterocycles. The molecule has 0 aromatic heterocycles. The molecule has 1 aromatic rings. The van der Waals surface area contributed by atoms with Gasteiger partial charge in [0.15, 0.2) is 0 Å². The summed E-state index contributed by atoms with van der Waals surface area (Å²) in [5, 5.41) is 18.7. The van der Waals surface area contributed by atoms with Crippen molar-refractivity contribution in [3.8, 4) is 0 Å². The molecule has 74 valence electrons. The standard InChI is InChI=1S/C11H12O3/c12-10(13)8-6-11(14,7-8)9-4-2-1-3-5-9/h1-5,8,14H,6-7H2,(H,12,13). The van der Waals surface area contributed by atoms with Crippen LogP contribution in [-0.4, -0.2) is 16.2 Å². The molecule has 1 fully saturated rings. The molecule has 1 aromatic carbocycles. The molecule has 0 heterocycles. The second-order valence-corrected chi connectivity index (χ2v) is 3.84. The highest BCUT2D eigenvalue weighted by atomic mass is 16.4. The fourth-order valence-corrected chi connectivity index (χ4v) is 1.91. The maximum Gasteiger partial charge on any atom is 0.306 e. The lowest BCUT2D eigenvalue weighted by Crippen LogP contribution is -2.44. The van der Waals surface area contributed by atoms with Crippen molar-refractivity contribution >= 4 is 5.97 Å².